The van der Waals surface area contributed by atoms with E-state index in [1.165, 1.54) is 0 Å². The van der Waals surface area contributed by atoms with Crippen LogP contribution >= 0.6 is 0 Å². The number of carbonyl (C=O) groups is 1. The molecule has 0 spiro atoms. The van der Waals surface area contributed by atoms with Crippen molar-refractivity contribution in [3.05, 3.63) is 12.7 Å². The molecule has 1 saturated heterocycles. The standard InChI is InChI=1S/C13H23NO/c1-2-3-4-5-8-13(15)12-7-6-10-14-11-9-12/h2,12,14H,1,3-11H2. The zero-order valence-corrected chi connectivity index (χ0v) is 9.63. The number of carbonyl (C=O) groups excluding carboxylic acids is 1. The monoisotopic (exact) mass is 209 g/mol. The molecule has 0 saturated carbocycles. The molecule has 0 aliphatic carbocycles. The molecule has 86 valence electrons. The summed E-state index contributed by atoms with van der Waals surface area (Å²) < 4.78 is 0. The summed E-state index contributed by atoms with van der Waals surface area (Å²) in [6.45, 7) is 5.79. The lowest BCUT2D eigenvalue weighted by Gasteiger charge is -2.11. The summed E-state index contributed by atoms with van der Waals surface area (Å²) in [7, 11) is 0. The first-order chi connectivity index (χ1) is 7.34. The van der Waals surface area contributed by atoms with Crippen LogP contribution in [-0.4, -0.2) is 18.9 Å². The Hall–Kier alpha value is -0.630. The van der Waals surface area contributed by atoms with Crippen LogP contribution in [0.3, 0.4) is 0 Å². The van der Waals surface area contributed by atoms with Crippen LogP contribution in [0.15, 0.2) is 12.7 Å². The maximum absolute atomic E-state index is 11.9. The number of allylic oxidation sites excluding steroid dienone is 1. The molecule has 1 atom stereocenters. The zero-order valence-electron chi connectivity index (χ0n) is 9.63. The quantitative estimate of drug-likeness (QED) is 0.538. The van der Waals surface area contributed by atoms with Crippen molar-refractivity contribution in [2.45, 2.75) is 44.9 Å². The smallest absolute Gasteiger partial charge is 0.136 e. The van der Waals surface area contributed by atoms with Gasteiger partial charge in [-0.05, 0) is 51.6 Å². The molecule has 1 aliphatic heterocycles. The summed E-state index contributed by atoms with van der Waals surface area (Å²) in [6, 6.07) is 0. The average Bonchev–Trinajstić information content (AvgIpc) is 2.52. The number of nitrogens with one attached hydrogen (secondary N) is 1. The number of rotatable bonds is 6. The van der Waals surface area contributed by atoms with E-state index in [0.29, 0.717) is 11.7 Å². The third kappa shape index (κ3) is 5.12. The Kier molecular flexibility index (Phi) is 6.33. The first kappa shape index (κ1) is 12.4. The first-order valence-electron chi connectivity index (χ1n) is 6.19. The number of Topliss-reactive ketones (excluding diaryl/α,β-unsaturated/α-hetero) is 1. The molecule has 1 unspecified atom stereocenters. The van der Waals surface area contributed by atoms with Gasteiger partial charge in [0.2, 0.25) is 0 Å². The van der Waals surface area contributed by atoms with Crippen LogP contribution in [0.25, 0.3) is 0 Å². The molecule has 0 aromatic carbocycles. The highest BCUT2D eigenvalue weighted by Crippen LogP contribution is 2.17. The predicted octanol–water partition coefficient (Wildman–Crippen LogP) is 2.69. The highest BCUT2D eigenvalue weighted by Gasteiger charge is 2.18. The molecule has 1 fully saturated rings. The van der Waals surface area contributed by atoms with E-state index >= 15 is 0 Å². The van der Waals surface area contributed by atoms with Crippen molar-refractivity contribution in [3.63, 3.8) is 0 Å². The van der Waals surface area contributed by atoms with Gasteiger partial charge < -0.3 is 5.32 Å². The largest absolute Gasteiger partial charge is 0.317 e. The second kappa shape index (κ2) is 7.63. The molecule has 0 bridgehead atoms. The molecule has 0 radical (unpaired) electrons. The zero-order chi connectivity index (χ0) is 10.9. The van der Waals surface area contributed by atoms with E-state index in [4.69, 9.17) is 0 Å². The minimum Gasteiger partial charge on any atom is -0.317 e. The fourth-order valence-electron chi connectivity index (χ4n) is 2.13. The van der Waals surface area contributed by atoms with Crippen molar-refractivity contribution in [1.29, 1.82) is 0 Å². The van der Waals surface area contributed by atoms with Crippen LogP contribution in [0.4, 0.5) is 0 Å². The van der Waals surface area contributed by atoms with Crippen molar-refractivity contribution >= 4 is 5.78 Å². The van der Waals surface area contributed by atoms with Crippen LogP contribution in [0, 0.1) is 5.92 Å². The summed E-state index contributed by atoms with van der Waals surface area (Å²) in [5, 5.41) is 3.34. The Morgan fingerprint density at radius 1 is 1.33 bits per heavy atom. The normalized spacial score (nSPS) is 22.0. The first-order valence-corrected chi connectivity index (χ1v) is 6.19. The fraction of sp³-hybridized carbons (Fsp3) is 0.769. The fourth-order valence-corrected chi connectivity index (χ4v) is 2.13. The minimum atomic E-state index is 0.337. The summed E-state index contributed by atoms with van der Waals surface area (Å²) in [5.41, 5.74) is 0. The second-order valence-corrected chi connectivity index (χ2v) is 4.38. The van der Waals surface area contributed by atoms with E-state index in [2.05, 4.69) is 11.9 Å². The van der Waals surface area contributed by atoms with Gasteiger partial charge in [0.1, 0.15) is 5.78 Å². The SMILES string of the molecule is C=CCCCCC(=O)C1CCCNCC1. The lowest BCUT2D eigenvalue weighted by atomic mass is 9.92. The maximum Gasteiger partial charge on any atom is 0.136 e. The lowest BCUT2D eigenvalue weighted by molar-refractivity contribution is -0.123. The van der Waals surface area contributed by atoms with Crippen LogP contribution < -0.4 is 5.32 Å². The minimum absolute atomic E-state index is 0.337. The summed E-state index contributed by atoms with van der Waals surface area (Å²) in [5.74, 6) is 0.825. The molecule has 0 aromatic rings. The molecule has 1 aliphatic rings. The van der Waals surface area contributed by atoms with Crippen LogP contribution in [-0.2, 0) is 4.79 Å². The van der Waals surface area contributed by atoms with Gasteiger partial charge in [0.05, 0.1) is 0 Å². The Morgan fingerprint density at radius 3 is 3.00 bits per heavy atom. The molecule has 2 nitrogen and oxygen atoms in total. The van der Waals surface area contributed by atoms with E-state index in [9.17, 15) is 4.79 Å². The van der Waals surface area contributed by atoms with Crippen LogP contribution in [0.1, 0.15) is 44.9 Å². The van der Waals surface area contributed by atoms with Gasteiger partial charge in [-0.1, -0.05) is 6.08 Å². The van der Waals surface area contributed by atoms with Gasteiger partial charge in [-0.25, -0.2) is 0 Å². The molecule has 0 aromatic heterocycles. The number of hydrogen-bond donors (Lipinski definition) is 1. The average molecular weight is 209 g/mol. The van der Waals surface area contributed by atoms with Crippen molar-refractivity contribution in [2.75, 3.05) is 13.1 Å². The molecule has 0 amide bonds. The molecule has 1 heterocycles. The van der Waals surface area contributed by atoms with Gasteiger partial charge in [-0.3, -0.25) is 4.79 Å². The van der Waals surface area contributed by atoms with Gasteiger partial charge >= 0.3 is 0 Å². The maximum atomic E-state index is 11.9. The Bertz CT molecular complexity index is 193. The van der Waals surface area contributed by atoms with E-state index < -0.39 is 0 Å². The van der Waals surface area contributed by atoms with Crippen LogP contribution in [0.5, 0.6) is 0 Å². The molecular weight excluding hydrogens is 186 g/mol. The van der Waals surface area contributed by atoms with Crippen molar-refractivity contribution in [1.82, 2.24) is 5.32 Å². The summed E-state index contributed by atoms with van der Waals surface area (Å²) in [6.07, 6.45) is 9.18. The van der Waals surface area contributed by atoms with Crippen molar-refractivity contribution in [3.8, 4) is 0 Å². The summed E-state index contributed by atoms with van der Waals surface area (Å²) in [4.78, 5) is 11.9. The molecular formula is C13H23NO. The van der Waals surface area contributed by atoms with Gasteiger partial charge in [0, 0.05) is 12.3 Å². The van der Waals surface area contributed by atoms with E-state index in [0.717, 1.165) is 58.0 Å². The number of unbranched alkanes of at least 4 members (excludes halogenated alkanes) is 2. The van der Waals surface area contributed by atoms with Gasteiger partial charge in [-0.15, -0.1) is 6.58 Å². The van der Waals surface area contributed by atoms with Crippen molar-refractivity contribution < 1.29 is 4.79 Å². The third-order valence-electron chi connectivity index (χ3n) is 3.11. The highest BCUT2D eigenvalue weighted by atomic mass is 16.1. The van der Waals surface area contributed by atoms with Crippen molar-refractivity contribution in [2.24, 2.45) is 5.92 Å². The Morgan fingerprint density at radius 2 is 2.20 bits per heavy atom. The highest BCUT2D eigenvalue weighted by molar-refractivity contribution is 5.80. The molecule has 1 rings (SSSR count). The van der Waals surface area contributed by atoms with E-state index in [1.54, 1.807) is 0 Å². The third-order valence-corrected chi connectivity index (χ3v) is 3.11. The van der Waals surface area contributed by atoms with E-state index in [-0.39, 0.29) is 0 Å². The number of ketones is 1. The topological polar surface area (TPSA) is 29.1 Å². The van der Waals surface area contributed by atoms with Gasteiger partial charge in [0.25, 0.3) is 0 Å². The molecule has 15 heavy (non-hydrogen) atoms. The predicted molar refractivity (Wildman–Crippen MR) is 63.9 cm³/mol. The van der Waals surface area contributed by atoms with Gasteiger partial charge in [0.15, 0.2) is 0 Å². The van der Waals surface area contributed by atoms with E-state index in [1.807, 2.05) is 6.08 Å². The lowest BCUT2D eigenvalue weighted by Crippen LogP contribution is -2.17. The molecule has 2 heteroatoms. The Labute approximate surface area is 93.1 Å². The van der Waals surface area contributed by atoms with Gasteiger partial charge in [-0.2, -0.15) is 0 Å². The number of hydrogen-bond acceptors (Lipinski definition) is 2. The molecule has 1 N–H and O–H groups in total. The van der Waals surface area contributed by atoms with Crippen LogP contribution in [0.2, 0.25) is 0 Å². The second-order valence-electron chi connectivity index (χ2n) is 4.38. The Balaban J connectivity index is 2.16. The summed E-state index contributed by atoms with van der Waals surface area (Å²) >= 11 is 0.